The molecule has 0 atom stereocenters. The number of alkyl halides is 3. The van der Waals surface area contributed by atoms with Crippen molar-refractivity contribution in [2.45, 2.75) is 18.0 Å². The molecule has 4 nitrogen and oxygen atoms in total. The second-order valence-corrected chi connectivity index (χ2v) is 7.50. The smallest absolute Gasteiger partial charge is 0.277 e. The van der Waals surface area contributed by atoms with Crippen molar-refractivity contribution >= 4 is 26.6 Å². The van der Waals surface area contributed by atoms with Crippen LogP contribution in [0, 0.1) is 6.92 Å². The summed E-state index contributed by atoms with van der Waals surface area (Å²) in [5, 5.41) is -0.146. The van der Waals surface area contributed by atoms with Crippen molar-refractivity contribution in [3.63, 3.8) is 0 Å². The number of pyridine rings is 1. The summed E-state index contributed by atoms with van der Waals surface area (Å²) in [5.41, 5.74) is 1.00. The first-order valence-corrected chi connectivity index (χ1v) is 8.79. The molecule has 1 aromatic heterocycles. The van der Waals surface area contributed by atoms with Gasteiger partial charge in [-0.1, -0.05) is 23.8 Å². The van der Waals surface area contributed by atoms with Crippen LogP contribution in [-0.2, 0) is 16.2 Å². The summed E-state index contributed by atoms with van der Waals surface area (Å²) in [5.74, 6) is 0. The van der Waals surface area contributed by atoms with Crippen molar-refractivity contribution in [2.75, 3.05) is 4.72 Å². The molecule has 0 unspecified atom stereocenters. The van der Waals surface area contributed by atoms with Gasteiger partial charge in [-0.15, -0.1) is 0 Å². The standard InChI is InChI=1S/C17H11F3N2O2S/c1-9-2-5-14-12(8-9)10-3-4-11-13(17(18,19)20)6-7-21-15(11)16(10)22-25(14,23)24/h2-8,22H,1H3. The number of halogens is 3. The van der Waals surface area contributed by atoms with Gasteiger partial charge in [0, 0.05) is 22.7 Å². The number of rotatable bonds is 0. The van der Waals surface area contributed by atoms with E-state index >= 15 is 0 Å². The van der Waals surface area contributed by atoms with Gasteiger partial charge in [0.05, 0.1) is 21.7 Å². The van der Waals surface area contributed by atoms with Crippen LogP contribution in [-0.4, -0.2) is 13.4 Å². The minimum atomic E-state index is -4.56. The first kappa shape index (κ1) is 15.9. The minimum absolute atomic E-state index is 0.0249. The van der Waals surface area contributed by atoms with Gasteiger partial charge in [-0.2, -0.15) is 13.2 Å². The van der Waals surface area contributed by atoms with Gasteiger partial charge < -0.3 is 0 Å². The number of benzene rings is 2. The Morgan fingerprint density at radius 3 is 2.52 bits per heavy atom. The molecule has 1 aliphatic rings. The van der Waals surface area contributed by atoms with Gasteiger partial charge in [-0.05, 0) is 25.1 Å². The molecule has 1 aliphatic heterocycles. The van der Waals surface area contributed by atoms with E-state index in [0.717, 1.165) is 17.8 Å². The van der Waals surface area contributed by atoms with Crippen molar-refractivity contribution in [1.82, 2.24) is 4.98 Å². The Morgan fingerprint density at radius 2 is 1.80 bits per heavy atom. The van der Waals surface area contributed by atoms with Crippen LogP contribution < -0.4 is 4.72 Å². The molecule has 0 aliphatic carbocycles. The zero-order chi connectivity index (χ0) is 18.0. The zero-order valence-corrected chi connectivity index (χ0v) is 13.7. The maximum absolute atomic E-state index is 13.2. The number of aromatic nitrogens is 1. The van der Waals surface area contributed by atoms with Crippen LogP contribution in [0.4, 0.5) is 18.9 Å². The number of hydrogen-bond acceptors (Lipinski definition) is 3. The molecule has 128 valence electrons. The monoisotopic (exact) mass is 364 g/mol. The number of hydrogen-bond donors (Lipinski definition) is 1. The summed E-state index contributed by atoms with van der Waals surface area (Å²) in [6, 6.07) is 8.56. The SMILES string of the molecule is Cc1ccc2c(c1)-c1ccc3c(C(F)(F)F)ccnc3c1NS2(=O)=O. The Morgan fingerprint density at radius 1 is 1.04 bits per heavy atom. The lowest BCUT2D eigenvalue weighted by Gasteiger charge is -2.23. The molecule has 0 radical (unpaired) electrons. The van der Waals surface area contributed by atoms with E-state index < -0.39 is 21.8 Å². The molecule has 0 saturated carbocycles. The van der Waals surface area contributed by atoms with Crippen LogP contribution in [0.1, 0.15) is 11.1 Å². The fraction of sp³-hybridized carbons (Fsp3) is 0.118. The van der Waals surface area contributed by atoms with E-state index in [1.54, 1.807) is 12.1 Å². The molecule has 2 heterocycles. The van der Waals surface area contributed by atoms with E-state index in [1.807, 2.05) is 6.92 Å². The average molecular weight is 364 g/mol. The van der Waals surface area contributed by atoms with Gasteiger partial charge >= 0.3 is 6.18 Å². The second kappa shape index (κ2) is 4.95. The molecule has 2 aromatic carbocycles. The lowest BCUT2D eigenvalue weighted by Crippen LogP contribution is -2.19. The van der Waals surface area contributed by atoms with E-state index in [1.165, 1.54) is 18.2 Å². The summed E-state index contributed by atoms with van der Waals surface area (Å²) >= 11 is 0. The summed E-state index contributed by atoms with van der Waals surface area (Å²) < 4.78 is 67.1. The summed E-state index contributed by atoms with van der Waals surface area (Å²) in [4.78, 5) is 4.10. The summed E-state index contributed by atoms with van der Waals surface area (Å²) in [6.07, 6.45) is -3.52. The Bertz CT molecular complexity index is 1140. The third kappa shape index (κ3) is 2.36. The number of nitrogens with one attached hydrogen (secondary N) is 1. The molecule has 0 amide bonds. The van der Waals surface area contributed by atoms with Gasteiger partial charge in [0.2, 0.25) is 0 Å². The zero-order valence-electron chi connectivity index (χ0n) is 12.8. The van der Waals surface area contributed by atoms with Crippen LogP contribution in [0.25, 0.3) is 22.0 Å². The molecule has 0 saturated heterocycles. The molecule has 0 bridgehead atoms. The predicted molar refractivity (Wildman–Crippen MR) is 87.7 cm³/mol. The van der Waals surface area contributed by atoms with E-state index in [0.29, 0.717) is 11.1 Å². The number of anilines is 1. The largest absolute Gasteiger partial charge is 0.417 e. The van der Waals surface area contributed by atoms with Crippen molar-refractivity contribution in [1.29, 1.82) is 0 Å². The second-order valence-electron chi connectivity index (χ2n) is 5.85. The molecule has 4 rings (SSSR count). The molecule has 0 spiro atoms. The van der Waals surface area contributed by atoms with Crippen LogP contribution in [0.3, 0.4) is 0 Å². The fourth-order valence-electron chi connectivity index (χ4n) is 3.07. The molecular formula is C17H11F3N2O2S. The predicted octanol–water partition coefficient (Wildman–Crippen LogP) is 4.34. The van der Waals surface area contributed by atoms with Crippen molar-refractivity contribution < 1.29 is 21.6 Å². The lowest BCUT2D eigenvalue weighted by atomic mass is 9.98. The number of fused-ring (bicyclic) bond motifs is 5. The molecule has 0 fully saturated rings. The Balaban J connectivity index is 2.12. The molecular weight excluding hydrogens is 353 g/mol. The quantitative estimate of drug-likeness (QED) is 0.645. The molecule has 1 N–H and O–H groups in total. The third-order valence-electron chi connectivity index (χ3n) is 4.17. The minimum Gasteiger partial charge on any atom is -0.277 e. The van der Waals surface area contributed by atoms with E-state index in [-0.39, 0.29) is 21.5 Å². The Kier molecular flexibility index (Phi) is 3.15. The maximum Gasteiger partial charge on any atom is 0.417 e. The Hall–Kier alpha value is -2.61. The first-order chi connectivity index (χ1) is 11.7. The van der Waals surface area contributed by atoms with Crippen molar-refractivity contribution in [3.05, 3.63) is 53.7 Å². The maximum atomic E-state index is 13.2. The highest BCUT2D eigenvalue weighted by Gasteiger charge is 2.35. The van der Waals surface area contributed by atoms with Gasteiger partial charge in [0.15, 0.2) is 0 Å². The number of aryl methyl sites for hydroxylation is 1. The number of sulfonamides is 1. The molecule has 3 aromatic rings. The van der Waals surface area contributed by atoms with Gasteiger partial charge in [-0.3, -0.25) is 9.71 Å². The van der Waals surface area contributed by atoms with E-state index in [2.05, 4.69) is 9.71 Å². The lowest BCUT2D eigenvalue weighted by molar-refractivity contribution is -0.136. The van der Waals surface area contributed by atoms with Crippen LogP contribution in [0.2, 0.25) is 0 Å². The highest BCUT2D eigenvalue weighted by Crippen LogP contribution is 2.44. The van der Waals surface area contributed by atoms with Gasteiger partial charge in [-0.25, -0.2) is 8.42 Å². The van der Waals surface area contributed by atoms with Crippen LogP contribution >= 0.6 is 0 Å². The van der Waals surface area contributed by atoms with Gasteiger partial charge in [0.25, 0.3) is 10.0 Å². The van der Waals surface area contributed by atoms with E-state index in [9.17, 15) is 21.6 Å². The third-order valence-corrected chi connectivity index (χ3v) is 5.58. The van der Waals surface area contributed by atoms with Crippen LogP contribution in [0.15, 0.2) is 47.5 Å². The first-order valence-electron chi connectivity index (χ1n) is 7.31. The molecule has 8 heteroatoms. The summed E-state index contributed by atoms with van der Waals surface area (Å²) in [6.45, 7) is 1.82. The normalized spacial score (nSPS) is 15.4. The summed E-state index contributed by atoms with van der Waals surface area (Å²) in [7, 11) is -3.88. The fourth-order valence-corrected chi connectivity index (χ4v) is 4.36. The highest BCUT2D eigenvalue weighted by molar-refractivity contribution is 7.93. The van der Waals surface area contributed by atoms with Gasteiger partial charge in [0.1, 0.15) is 0 Å². The Labute approximate surface area is 141 Å². The van der Waals surface area contributed by atoms with Crippen LogP contribution in [0.5, 0.6) is 0 Å². The highest BCUT2D eigenvalue weighted by atomic mass is 32.2. The molecule has 25 heavy (non-hydrogen) atoms. The number of nitrogens with zero attached hydrogens (tertiary/aromatic N) is 1. The van der Waals surface area contributed by atoms with Crippen molar-refractivity contribution in [3.8, 4) is 11.1 Å². The van der Waals surface area contributed by atoms with Crippen molar-refractivity contribution in [2.24, 2.45) is 0 Å². The topological polar surface area (TPSA) is 59.1 Å². The average Bonchev–Trinajstić information content (AvgIpc) is 2.52. The van der Waals surface area contributed by atoms with E-state index in [4.69, 9.17) is 0 Å².